The Hall–Kier alpha value is -2.82. The summed E-state index contributed by atoms with van der Waals surface area (Å²) >= 11 is 0. The standard InChI is InChI=1S/C9H10O3.C8H8O2.2C4H10/c1-11-8-4-3-7(6-10)9(5-8)12-2;1-10-8-4-2-3-7(5-8)6-9;2*1-3-4-2/h3-6H,1-2H3;2-6H,1H3;2*3-4H2,1-2H3. The molecule has 0 N–H and O–H groups in total. The van der Waals surface area contributed by atoms with Crippen molar-refractivity contribution in [2.24, 2.45) is 0 Å². The van der Waals surface area contributed by atoms with E-state index in [1.54, 1.807) is 56.7 Å². The highest BCUT2D eigenvalue weighted by atomic mass is 16.5. The fourth-order valence-corrected chi connectivity index (χ4v) is 1.63. The maximum absolute atomic E-state index is 10.5. The van der Waals surface area contributed by atoms with Crippen LogP contribution in [0.1, 0.15) is 74.1 Å². The van der Waals surface area contributed by atoms with E-state index in [2.05, 4.69) is 27.7 Å². The highest BCUT2D eigenvalue weighted by Gasteiger charge is 2.02. The molecule has 0 unspecified atom stereocenters. The Morgan fingerprint density at radius 1 is 0.667 bits per heavy atom. The minimum atomic E-state index is 0.526. The summed E-state index contributed by atoms with van der Waals surface area (Å²) in [6, 6.07) is 12.0. The molecular weight excluding hydrogens is 380 g/mol. The maximum atomic E-state index is 10.5. The van der Waals surface area contributed by atoms with Crippen LogP contribution in [0.25, 0.3) is 0 Å². The molecule has 0 aromatic heterocycles. The Labute approximate surface area is 182 Å². The first kappa shape index (κ1) is 29.4. The maximum Gasteiger partial charge on any atom is 0.153 e. The van der Waals surface area contributed by atoms with Crippen LogP contribution >= 0.6 is 0 Å². The quantitative estimate of drug-likeness (QED) is 0.472. The van der Waals surface area contributed by atoms with E-state index in [4.69, 9.17) is 14.2 Å². The molecule has 168 valence electrons. The number of rotatable bonds is 7. The van der Waals surface area contributed by atoms with Gasteiger partial charge in [0.2, 0.25) is 0 Å². The molecule has 5 nitrogen and oxygen atoms in total. The van der Waals surface area contributed by atoms with Crippen LogP contribution in [0.2, 0.25) is 0 Å². The van der Waals surface area contributed by atoms with E-state index < -0.39 is 0 Å². The lowest BCUT2D eigenvalue weighted by Gasteiger charge is -2.05. The Kier molecular flexibility index (Phi) is 20.5. The predicted octanol–water partition coefficient (Wildman–Crippen LogP) is 6.64. The van der Waals surface area contributed by atoms with E-state index in [1.807, 2.05) is 0 Å². The number of hydrogen-bond donors (Lipinski definition) is 0. The van der Waals surface area contributed by atoms with Gasteiger partial charge in [-0.3, -0.25) is 9.59 Å². The Bertz CT molecular complexity index is 675. The normalized spacial score (nSPS) is 8.63. The zero-order chi connectivity index (χ0) is 23.2. The van der Waals surface area contributed by atoms with Gasteiger partial charge in [0.1, 0.15) is 23.5 Å². The van der Waals surface area contributed by atoms with Gasteiger partial charge < -0.3 is 14.2 Å². The first-order valence-corrected chi connectivity index (χ1v) is 10.3. The topological polar surface area (TPSA) is 61.8 Å². The Morgan fingerprint density at radius 2 is 1.20 bits per heavy atom. The lowest BCUT2D eigenvalue weighted by Crippen LogP contribution is -1.91. The van der Waals surface area contributed by atoms with Crippen molar-refractivity contribution in [3.63, 3.8) is 0 Å². The van der Waals surface area contributed by atoms with Crippen LogP contribution in [0.15, 0.2) is 42.5 Å². The third-order valence-corrected chi connectivity index (χ3v) is 3.80. The van der Waals surface area contributed by atoms with Crippen molar-refractivity contribution in [2.45, 2.75) is 53.4 Å². The van der Waals surface area contributed by atoms with Crippen LogP contribution < -0.4 is 14.2 Å². The average Bonchev–Trinajstić information content (AvgIpc) is 2.84. The van der Waals surface area contributed by atoms with E-state index in [0.29, 0.717) is 28.4 Å². The summed E-state index contributed by atoms with van der Waals surface area (Å²) in [4.78, 5) is 20.7. The number of methoxy groups -OCH3 is 3. The van der Waals surface area contributed by atoms with Gasteiger partial charge in [-0.2, -0.15) is 0 Å². The lowest BCUT2D eigenvalue weighted by molar-refractivity contribution is 0.111. The number of benzene rings is 2. The van der Waals surface area contributed by atoms with Crippen LogP contribution in [-0.4, -0.2) is 33.9 Å². The molecule has 0 bridgehead atoms. The van der Waals surface area contributed by atoms with Crippen molar-refractivity contribution in [3.8, 4) is 17.2 Å². The molecule has 2 rings (SSSR count). The Morgan fingerprint density at radius 3 is 1.60 bits per heavy atom. The molecule has 0 aliphatic heterocycles. The van der Waals surface area contributed by atoms with E-state index in [-0.39, 0.29) is 0 Å². The molecule has 0 saturated carbocycles. The zero-order valence-corrected chi connectivity index (χ0v) is 19.6. The second kappa shape index (κ2) is 20.9. The molecular formula is C25H38O5. The van der Waals surface area contributed by atoms with Gasteiger partial charge in [-0.1, -0.05) is 65.5 Å². The SMILES string of the molecule is CCCC.CCCC.COc1ccc(C=O)c(OC)c1.COc1cccc(C=O)c1. The highest BCUT2D eigenvalue weighted by Crippen LogP contribution is 2.22. The van der Waals surface area contributed by atoms with Crippen molar-refractivity contribution >= 4 is 12.6 Å². The fourth-order valence-electron chi connectivity index (χ4n) is 1.63. The van der Waals surface area contributed by atoms with Gasteiger partial charge in [0.15, 0.2) is 6.29 Å². The molecule has 2 aromatic carbocycles. The zero-order valence-electron chi connectivity index (χ0n) is 19.6. The summed E-state index contributed by atoms with van der Waals surface area (Å²) in [5, 5.41) is 0. The van der Waals surface area contributed by atoms with E-state index in [1.165, 1.54) is 32.8 Å². The third kappa shape index (κ3) is 14.2. The van der Waals surface area contributed by atoms with Crippen LogP contribution in [-0.2, 0) is 0 Å². The van der Waals surface area contributed by atoms with Gasteiger partial charge in [0.05, 0.1) is 26.9 Å². The summed E-state index contributed by atoms with van der Waals surface area (Å²) in [6.07, 6.45) is 6.82. The lowest BCUT2D eigenvalue weighted by atomic mass is 10.2. The van der Waals surface area contributed by atoms with E-state index in [9.17, 15) is 9.59 Å². The van der Waals surface area contributed by atoms with Crippen molar-refractivity contribution in [1.29, 1.82) is 0 Å². The number of hydrogen-bond acceptors (Lipinski definition) is 5. The largest absolute Gasteiger partial charge is 0.497 e. The second-order valence-corrected chi connectivity index (χ2v) is 6.12. The first-order valence-electron chi connectivity index (χ1n) is 10.3. The monoisotopic (exact) mass is 418 g/mol. The molecule has 5 heteroatoms. The van der Waals surface area contributed by atoms with Gasteiger partial charge in [-0.15, -0.1) is 0 Å². The smallest absolute Gasteiger partial charge is 0.153 e. The molecule has 0 amide bonds. The minimum absolute atomic E-state index is 0.526. The number of aldehydes is 2. The third-order valence-electron chi connectivity index (χ3n) is 3.80. The summed E-state index contributed by atoms with van der Waals surface area (Å²) in [5.41, 5.74) is 1.16. The van der Waals surface area contributed by atoms with Crippen LogP contribution in [0.5, 0.6) is 17.2 Å². The van der Waals surface area contributed by atoms with Gasteiger partial charge in [0.25, 0.3) is 0 Å². The highest BCUT2D eigenvalue weighted by molar-refractivity contribution is 5.79. The summed E-state index contributed by atoms with van der Waals surface area (Å²) in [7, 11) is 4.65. The van der Waals surface area contributed by atoms with Crippen molar-refractivity contribution in [2.75, 3.05) is 21.3 Å². The molecule has 0 spiro atoms. The van der Waals surface area contributed by atoms with Gasteiger partial charge in [-0.25, -0.2) is 0 Å². The molecule has 0 aliphatic rings. The summed E-state index contributed by atoms with van der Waals surface area (Å²) in [5.74, 6) is 1.92. The second-order valence-electron chi connectivity index (χ2n) is 6.12. The number of carbonyl (C=O) groups is 2. The van der Waals surface area contributed by atoms with E-state index in [0.717, 1.165) is 12.6 Å². The molecule has 0 saturated heterocycles. The number of unbranched alkanes of at least 4 members (excludes halogenated alkanes) is 2. The number of ether oxygens (including phenoxy) is 3. The Balaban J connectivity index is 0. The summed E-state index contributed by atoms with van der Waals surface area (Å²) < 4.78 is 14.8. The predicted molar refractivity (Wildman–Crippen MR) is 124 cm³/mol. The van der Waals surface area contributed by atoms with Crippen LogP contribution in [0.4, 0.5) is 0 Å². The molecule has 2 aromatic rings. The van der Waals surface area contributed by atoms with E-state index >= 15 is 0 Å². The van der Waals surface area contributed by atoms with Gasteiger partial charge in [0, 0.05) is 11.6 Å². The van der Waals surface area contributed by atoms with Crippen molar-refractivity contribution in [3.05, 3.63) is 53.6 Å². The fraction of sp³-hybridized carbons (Fsp3) is 0.440. The van der Waals surface area contributed by atoms with Crippen molar-refractivity contribution < 1.29 is 23.8 Å². The van der Waals surface area contributed by atoms with Crippen LogP contribution in [0, 0.1) is 0 Å². The molecule has 0 aliphatic carbocycles. The molecule has 30 heavy (non-hydrogen) atoms. The minimum Gasteiger partial charge on any atom is -0.497 e. The molecule has 0 fully saturated rings. The number of carbonyl (C=O) groups excluding carboxylic acids is 2. The van der Waals surface area contributed by atoms with Crippen LogP contribution in [0.3, 0.4) is 0 Å². The average molecular weight is 419 g/mol. The first-order chi connectivity index (χ1) is 14.5. The van der Waals surface area contributed by atoms with Crippen molar-refractivity contribution in [1.82, 2.24) is 0 Å². The molecule has 0 heterocycles. The summed E-state index contributed by atoms with van der Waals surface area (Å²) in [6.45, 7) is 8.72. The molecule has 0 atom stereocenters. The van der Waals surface area contributed by atoms with Gasteiger partial charge in [-0.05, 0) is 24.3 Å². The van der Waals surface area contributed by atoms with Gasteiger partial charge >= 0.3 is 0 Å². The molecule has 0 radical (unpaired) electrons.